The van der Waals surface area contributed by atoms with E-state index in [0.717, 1.165) is 11.3 Å². The van der Waals surface area contributed by atoms with Crippen molar-refractivity contribution in [2.45, 2.75) is 24.0 Å². The van der Waals surface area contributed by atoms with Gasteiger partial charge in [-0.05, 0) is 41.1 Å². The first-order chi connectivity index (χ1) is 12.9. The van der Waals surface area contributed by atoms with Crippen LogP contribution in [0.2, 0.25) is 0 Å². The van der Waals surface area contributed by atoms with Crippen molar-refractivity contribution in [1.82, 2.24) is 3.97 Å². The van der Waals surface area contributed by atoms with Crippen LogP contribution in [-0.4, -0.2) is 12.4 Å². The molecule has 0 bridgehead atoms. The van der Waals surface area contributed by atoms with E-state index in [9.17, 15) is 12.8 Å². The van der Waals surface area contributed by atoms with Crippen molar-refractivity contribution in [2.75, 3.05) is 0 Å². The third-order valence-corrected chi connectivity index (χ3v) is 7.13. The van der Waals surface area contributed by atoms with Crippen molar-refractivity contribution in [1.29, 1.82) is 5.26 Å². The number of hydrogen-bond acceptors (Lipinski definition) is 4. The van der Waals surface area contributed by atoms with E-state index in [2.05, 4.69) is 0 Å². The van der Waals surface area contributed by atoms with E-state index in [4.69, 9.17) is 5.26 Å². The molecule has 138 valence electrons. The molecular weight excluding hydrogens is 383 g/mol. The number of rotatable bonds is 5. The summed E-state index contributed by atoms with van der Waals surface area (Å²) in [6.45, 7) is 3.79. The van der Waals surface area contributed by atoms with E-state index in [0.29, 0.717) is 22.4 Å². The van der Waals surface area contributed by atoms with Gasteiger partial charge in [-0.15, -0.1) is 11.3 Å². The molecule has 0 saturated heterocycles. The van der Waals surface area contributed by atoms with Crippen LogP contribution in [0.1, 0.15) is 31.0 Å². The maximum Gasteiger partial charge on any atom is 0.277 e. The molecule has 0 aliphatic heterocycles. The highest BCUT2D eigenvalue weighted by atomic mass is 32.2. The average Bonchev–Trinajstić information content (AvgIpc) is 3.29. The van der Waals surface area contributed by atoms with Gasteiger partial charge >= 0.3 is 0 Å². The number of thiophene rings is 1. The minimum Gasteiger partial charge on any atom is -0.244 e. The Bertz CT molecular complexity index is 1120. The minimum absolute atomic E-state index is 0.118. The summed E-state index contributed by atoms with van der Waals surface area (Å²) in [5.74, 6) is -0.491. The van der Waals surface area contributed by atoms with E-state index in [1.165, 1.54) is 22.2 Å². The summed E-state index contributed by atoms with van der Waals surface area (Å²) in [5.41, 5.74) is 2.52. The number of nitriles is 1. The van der Waals surface area contributed by atoms with Gasteiger partial charge in [0.2, 0.25) is 0 Å². The van der Waals surface area contributed by atoms with Gasteiger partial charge < -0.3 is 0 Å². The zero-order valence-corrected chi connectivity index (χ0v) is 16.4. The predicted octanol–water partition coefficient (Wildman–Crippen LogP) is 5.25. The lowest BCUT2D eigenvalue weighted by molar-refractivity contribution is 0.585. The number of nitrogens with zero attached hydrogens (tertiary/aromatic N) is 2. The normalized spacial score (nSPS) is 12.0. The first kappa shape index (κ1) is 19.1. The topological polar surface area (TPSA) is 62.9 Å². The van der Waals surface area contributed by atoms with Gasteiger partial charge in [0, 0.05) is 29.1 Å². The van der Waals surface area contributed by atoms with Crippen LogP contribution in [-0.2, 0) is 10.0 Å². The maximum absolute atomic E-state index is 13.3. The summed E-state index contributed by atoms with van der Waals surface area (Å²) in [5, 5.41) is 10.7. The van der Waals surface area contributed by atoms with E-state index < -0.39 is 10.0 Å². The molecule has 0 aliphatic carbocycles. The van der Waals surface area contributed by atoms with Crippen LogP contribution in [0.4, 0.5) is 4.39 Å². The Hall–Kier alpha value is -2.69. The Labute approximate surface area is 161 Å². The van der Waals surface area contributed by atoms with Crippen molar-refractivity contribution in [3.63, 3.8) is 0 Å². The lowest BCUT2D eigenvalue weighted by Gasteiger charge is -2.13. The van der Waals surface area contributed by atoms with Gasteiger partial charge in [-0.25, -0.2) is 8.36 Å². The van der Waals surface area contributed by atoms with Gasteiger partial charge in [-0.1, -0.05) is 32.0 Å². The fourth-order valence-corrected chi connectivity index (χ4v) is 5.54. The number of hydrogen-bond donors (Lipinski definition) is 0. The molecule has 0 unspecified atom stereocenters. The number of allylic oxidation sites excluding steroid dienone is 1. The number of benzene rings is 1. The van der Waals surface area contributed by atoms with E-state index in [1.54, 1.807) is 41.9 Å². The van der Waals surface area contributed by atoms with Crippen LogP contribution in [0, 0.1) is 17.1 Å². The van der Waals surface area contributed by atoms with Gasteiger partial charge in [-0.2, -0.15) is 13.7 Å². The molecule has 3 aromatic rings. The summed E-state index contributed by atoms with van der Waals surface area (Å²) >= 11 is 1.15. The fraction of sp³-hybridized carbons (Fsp3) is 0.150. The summed E-state index contributed by atoms with van der Waals surface area (Å²) in [7, 11) is -3.77. The number of aromatic nitrogens is 1. The molecule has 0 aliphatic rings. The second-order valence-corrected chi connectivity index (χ2v) is 9.19. The first-order valence-corrected chi connectivity index (χ1v) is 10.5. The summed E-state index contributed by atoms with van der Waals surface area (Å²) in [6, 6.07) is 11.0. The molecule has 0 radical (unpaired) electrons. The Morgan fingerprint density at radius 3 is 2.48 bits per heavy atom. The van der Waals surface area contributed by atoms with Crippen LogP contribution in [0.25, 0.3) is 17.2 Å². The van der Waals surface area contributed by atoms with Crippen LogP contribution < -0.4 is 0 Å². The highest BCUT2D eigenvalue weighted by molar-refractivity contribution is 7.92. The van der Waals surface area contributed by atoms with Crippen LogP contribution in [0.3, 0.4) is 0 Å². The van der Waals surface area contributed by atoms with E-state index in [-0.39, 0.29) is 15.9 Å². The predicted molar refractivity (Wildman–Crippen MR) is 105 cm³/mol. The molecule has 4 nitrogen and oxygen atoms in total. The van der Waals surface area contributed by atoms with Gasteiger partial charge in [-0.3, -0.25) is 0 Å². The first-order valence-electron chi connectivity index (χ1n) is 8.22. The lowest BCUT2D eigenvalue weighted by atomic mass is 9.98. The summed E-state index contributed by atoms with van der Waals surface area (Å²) in [6.07, 6.45) is 4.47. The van der Waals surface area contributed by atoms with Gasteiger partial charge in [0.15, 0.2) is 0 Å². The molecule has 3 rings (SSSR count). The Morgan fingerprint density at radius 2 is 1.93 bits per heavy atom. The second kappa shape index (κ2) is 7.51. The van der Waals surface area contributed by atoms with E-state index in [1.807, 2.05) is 19.9 Å². The molecular formula is C20H17FN2O2S2. The third-order valence-electron chi connectivity index (χ3n) is 4.08. The maximum atomic E-state index is 13.3. The third kappa shape index (κ3) is 3.59. The highest BCUT2D eigenvalue weighted by Crippen LogP contribution is 2.36. The molecule has 2 aromatic heterocycles. The molecule has 1 aromatic carbocycles. The minimum atomic E-state index is -3.77. The largest absolute Gasteiger partial charge is 0.277 e. The lowest BCUT2D eigenvalue weighted by Crippen LogP contribution is -2.15. The van der Waals surface area contributed by atoms with Crippen molar-refractivity contribution < 1.29 is 12.8 Å². The van der Waals surface area contributed by atoms with Gasteiger partial charge in [0.25, 0.3) is 10.0 Å². The van der Waals surface area contributed by atoms with Crippen LogP contribution in [0.15, 0.2) is 58.3 Å². The monoisotopic (exact) mass is 400 g/mol. The van der Waals surface area contributed by atoms with Crippen LogP contribution >= 0.6 is 11.3 Å². The standard InChI is InChI=1S/C20H17FN2O2S2/c1-14(2)20-17(5-3-11-22)18(15-7-9-16(21)10-8-15)13-23(20)27(24,25)19-6-4-12-26-19/h3-10,12-14H,1-2H3. The Kier molecular flexibility index (Phi) is 5.31. The Morgan fingerprint density at radius 1 is 1.22 bits per heavy atom. The van der Waals surface area contributed by atoms with E-state index >= 15 is 0 Å². The smallest absolute Gasteiger partial charge is 0.244 e. The quantitative estimate of drug-likeness (QED) is 0.549. The fourth-order valence-electron chi connectivity index (χ4n) is 2.94. The highest BCUT2D eigenvalue weighted by Gasteiger charge is 2.27. The van der Waals surface area contributed by atoms with Crippen molar-refractivity contribution in [2.24, 2.45) is 0 Å². The zero-order valence-electron chi connectivity index (χ0n) is 14.8. The molecule has 0 saturated carbocycles. The van der Waals surface area contributed by atoms with Crippen LogP contribution in [0.5, 0.6) is 0 Å². The second-order valence-electron chi connectivity index (χ2n) is 6.20. The molecule has 0 amide bonds. The van der Waals surface area contributed by atoms with Crippen molar-refractivity contribution >= 4 is 27.4 Å². The van der Waals surface area contributed by atoms with Gasteiger partial charge in [0.1, 0.15) is 10.0 Å². The zero-order chi connectivity index (χ0) is 19.6. The number of halogens is 1. The molecule has 0 atom stereocenters. The summed E-state index contributed by atoms with van der Waals surface area (Å²) in [4.78, 5) is 0. The van der Waals surface area contributed by atoms with Crippen molar-refractivity contribution in [3.05, 3.63) is 71.1 Å². The van der Waals surface area contributed by atoms with Gasteiger partial charge in [0.05, 0.1) is 6.07 Å². The molecule has 0 spiro atoms. The average molecular weight is 401 g/mol. The van der Waals surface area contributed by atoms with Crippen molar-refractivity contribution in [3.8, 4) is 17.2 Å². The molecule has 2 heterocycles. The summed E-state index contributed by atoms with van der Waals surface area (Å²) < 4.78 is 41.2. The molecule has 0 N–H and O–H groups in total. The Balaban J connectivity index is 2.33. The molecule has 0 fully saturated rings. The molecule has 7 heteroatoms. The SMILES string of the molecule is CC(C)c1c(C=CC#N)c(-c2ccc(F)cc2)cn1S(=O)(=O)c1cccs1. The molecule has 27 heavy (non-hydrogen) atoms.